The van der Waals surface area contributed by atoms with Crippen LogP contribution in [0.1, 0.15) is 43.2 Å². The molecule has 2 amide bonds. The Morgan fingerprint density at radius 1 is 1.11 bits per heavy atom. The lowest BCUT2D eigenvalue weighted by Crippen LogP contribution is -2.51. The summed E-state index contributed by atoms with van der Waals surface area (Å²) in [4.78, 5) is 39.3. The van der Waals surface area contributed by atoms with Gasteiger partial charge in [-0.25, -0.2) is 4.79 Å². The molecule has 0 aromatic heterocycles. The molecule has 186 valence electrons. The first-order chi connectivity index (χ1) is 16.9. The van der Waals surface area contributed by atoms with Gasteiger partial charge in [0.1, 0.15) is 12.6 Å². The van der Waals surface area contributed by atoms with E-state index in [1.807, 2.05) is 43.3 Å². The molecule has 1 fully saturated rings. The minimum atomic E-state index is -0.957. The number of nitrogens with zero attached hydrogens (tertiary/aromatic N) is 1. The minimum absolute atomic E-state index is 0.0343. The van der Waals surface area contributed by atoms with Crippen LogP contribution in [0.2, 0.25) is 0 Å². The molecule has 8 nitrogen and oxygen atoms in total. The summed E-state index contributed by atoms with van der Waals surface area (Å²) in [6.07, 6.45) is 0.904. The van der Waals surface area contributed by atoms with Gasteiger partial charge >= 0.3 is 12.1 Å². The number of ether oxygens (including phenoxy) is 2. The van der Waals surface area contributed by atoms with Crippen molar-refractivity contribution in [1.29, 1.82) is 0 Å². The van der Waals surface area contributed by atoms with Crippen molar-refractivity contribution < 1.29 is 29.0 Å². The van der Waals surface area contributed by atoms with Crippen LogP contribution in [-0.2, 0) is 19.1 Å². The molecule has 2 unspecified atom stereocenters. The zero-order valence-electron chi connectivity index (χ0n) is 20.2. The van der Waals surface area contributed by atoms with E-state index in [0.717, 1.165) is 22.3 Å². The lowest BCUT2D eigenvalue weighted by molar-refractivity contribution is -0.149. The van der Waals surface area contributed by atoms with Gasteiger partial charge in [-0.05, 0) is 35.1 Å². The lowest BCUT2D eigenvalue weighted by atomic mass is 9.83. The lowest BCUT2D eigenvalue weighted by Gasteiger charge is -2.27. The van der Waals surface area contributed by atoms with Crippen molar-refractivity contribution in [3.63, 3.8) is 0 Å². The Labute approximate surface area is 205 Å². The predicted octanol–water partition coefficient (Wildman–Crippen LogP) is 3.64. The van der Waals surface area contributed by atoms with Gasteiger partial charge in [-0.1, -0.05) is 61.9 Å². The number of carbonyl (C=O) groups excluding carboxylic acids is 2. The first kappa shape index (κ1) is 24.7. The van der Waals surface area contributed by atoms with Crippen molar-refractivity contribution >= 4 is 18.0 Å². The standard InChI is InChI=1S/C27H32N2O6/c1-3-12-27(25(31)32)13-14-29(17-27)24(30)23(16-34-2)28-26(33)35-15-22-20-10-6-4-8-18(20)19-9-5-7-11-21(19)22/h4-11,22-23H,3,12-17H2,1-2H3,(H,28,33)(H,31,32). The fraction of sp³-hybridized carbons (Fsp3) is 0.444. The van der Waals surface area contributed by atoms with Gasteiger partial charge in [-0.15, -0.1) is 0 Å². The minimum Gasteiger partial charge on any atom is -0.481 e. The summed E-state index contributed by atoms with van der Waals surface area (Å²) in [6, 6.07) is 15.2. The van der Waals surface area contributed by atoms with Crippen LogP contribution in [0.15, 0.2) is 48.5 Å². The Morgan fingerprint density at radius 3 is 2.31 bits per heavy atom. The highest BCUT2D eigenvalue weighted by atomic mass is 16.5. The Morgan fingerprint density at radius 2 is 1.74 bits per heavy atom. The molecule has 1 aliphatic carbocycles. The summed E-state index contributed by atoms with van der Waals surface area (Å²) in [5.41, 5.74) is 3.53. The highest BCUT2D eigenvalue weighted by Gasteiger charge is 2.46. The summed E-state index contributed by atoms with van der Waals surface area (Å²) < 4.78 is 10.7. The van der Waals surface area contributed by atoms with E-state index in [1.54, 1.807) is 0 Å². The molecule has 2 aliphatic rings. The van der Waals surface area contributed by atoms with E-state index in [2.05, 4.69) is 17.4 Å². The largest absolute Gasteiger partial charge is 0.481 e. The van der Waals surface area contributed by atoms with Gasteiger partial charge in [0.2, 0.25) is 5.91 Å². The Kier molecular flexibility index (Phi) is 7.40. The fourth-order valence-corrected chi connectivity index (χ4v) is 5.37. The number of carboxylic acids is 1. The molecule has 0 saturated carbocycles. The summed E-state index contributed by atoms with van der Waals surface area (Å²) >= 11 is 0. The van der Waals surface area contributed by atoms with Crippen LogP contribution in [0.5, 0.6) is 0 Å². The average Bonchev–Trinajstić information content (AvgIpc) is 3.43. The first-order valence-corrected chi connectivity index (χ1v) is 12.0. The van der Waals surface area contributed by atoms with Crippen molar-refractivity contribution in [3.8, 4) is 11.1 Å². The third-order valence-electron chi connectivity index (χ3n) is 7.11. The second-order valence-corrected chi connectivity index (χ2v) is 9.32. The summed E-state index contributed by atoms with van der Waals surface area (Å²) in [5.74, 6) is -1.34. The third-order valence-corrected chi connectivity index (χ3v) is 7.11. The smallest absolute Gasteiger partial charge is 0.407 e. The number of carbonyl (C=O) groups is 3. The number of benzene rings is 2. The van der Waals surface area contributed by atoms with Crippen LogP contribution in [0.4, 0.5) is 4.79 Å². The van der Waals surface area contributed by atoms with E-state index in [-0.39, 0.29) is 31.6 Å². The SMILES string of the molecule is CCCC1(C(=O)O)CCN(C(=O)C(COC)NC(=O)OCC2c3ccccc3-c3ccccc32)C1. The number of rotatable bonds is 9. The first-order valence-electron chi connectivity index (χ1n) is 12.0. The van der Waals surface area contributed by atoms with Crippen LogP contribution >= 0.6 is 0 Å². The van der Waals surface area contributed by atoms with Crippen molar-refractivity contribution in [2.24, 2.45) is 5.41 Å². The molecule has 1 heterocycles. The maximum Gasteiger partial charge on any atom is 0.407 e. The summed E-state index contributed by atoms with van der Waals surface area (Å²) in [6.45, 7) is 2.49. The van der Waals surface area contributed by atoms with E-state index in [4.69, 9.17) is 9.47 Å². The van der Waals surface area contributed by atoms with E-state index < -0.39 is 23.5 Å². The van der Waals surface area contributed by atoms with Crippen molar-refractivity contribution in [3.05, 3.63) is 59.7 Å². The number of alkyl carbamates (subject to hydrolysis) is 1. The maximum absolute atomic E-state index is 13.2. The van der Waals surface area contributed by atoms with Crippen molar-refractivity contribution in [2.45, 2.75) is 38.1 Å². The normalized spacial score (nSPS) is 19.7. The number of fused-ring (bicyclic) bond motifs is 3. The molecule has 0 bridgehead atoms. The van der Waals surface area contributed by atoms with Crippen LogP contribution in [-0.4, -0.2) is 67.4 Å². The molecular formula is C27H32N2O6. The Bertz CT molecular complexity index is 1060. The number of likely N-dealkylation sites (tertiary alicyclic amines) is 1. The van der Waals surface area contributed by atoms with Gasteiger partial charge in [0, 0.05) is 26.1 Å². The van der Waals surface area contributed by atoms with Gasteiger partial charge in [-0.2, -0.15) is 0 Å². The number of aliphatic carboxylic acids is 1. The molecule has 0 spiro atoms. The molecular weight excluding hydrogens is 448 g/mol. The number of hydrogen-bond donors (Lipinski definition) is 2. The molecule has 1 saturated heterocycles. The zero-order chi connectivity index (χ0) is 25.0. The molecule has 2 aromatic carbocycles. The molecule has 0 radical (unpaired) electrons. The third kappa shape index (κ3) is 4.89. The molecule has 2 atom stereocenters. The van der Waals surface area contributed by atoms with Crippen molar-refractivity contribution in [2.75, 3.05) is 33.4 Å². The van der Waals surface area contributed by atoms with E-state index in [0.29, 0.717) is 25.8 Å². The summed E-state index contributed by atoms with van der Waals surface area (Å²) in [7, 11) is 1.45. The average molecular weight is 481 g/mol. The van der Waals surface area contributed by atoms with Crippen LogP contribution in [0, 0.1) is 5.41 Å². The Balaban J connectivity index is 1.40. The zero-order valence-corrected chi connectivity index (χ0v) is 20.2. The predicted molar refractivity (Wildman–Crippen MR) is 130 cm³/mol. The second kappa shape index (κ2) is 10.5. The van der Waals surface area contributed by atoms with Crippen molar-refractivity contribution in [1.82, 2.24) is 10.2 Å². The van der Waals surface area contributed by atoms with Gasteiger partial charge in [-0.3, -0.25) is 9.59 Å². The Hall–Kier alpha value is -3.39. The summed E-state index contributed by atoms with van der Waals surface area (Å²) in [5, 5.41) is 12.4. The number of carboxylic acid groups (broad SMARTS) is 1. The molecule has 8 heteroatoms. The van der Waals surface area contributed by atoms with E-state index in [1.165, 1.54) is 12.0 Å². The molecule has 2 aromatic rings. The number of hydrogen-bond acceptors (Lipinski definition) is 5. The van der Waals surface area contributed by atoms with Crippen LogP contribution in [0.25, 0.3) is 11.1 Å². The van der Waals surface area contributed by atoms with Crippen LogP contribution in [0.3, 0.4) is 0 Å². The molecule has 35 heavy (non-hydrogen) atoms. The topological polar surface area (TPSA) is 105 Å². The van der Waals surface area contributed by atoms with Gasteiger partial charge in [0.15, 0.2) is 0 Å². The number of nitrogens with one attached hydrogen (secondary N) is 1. The van der Waals surface area contributed by atoms with E-state index >= 15 is 0 Å². The fourth-order valence-electron chi connectivity index (χ4n) is 5.37. The monoisotopic (exact) mass is 480 g/mol. The maximum atomic E-state index is 13.2. The molecule has 1 aliphatic heterocycles. The van der Waals surface area contributed by atoms with Gasteiger partial charge in [0.05, 0.1) is 12.0 Å². The van der Waals surface area contributed by atoms with Crippen LogP contribution < -0.4 is 5.32 Å². The van der Waals surface area contributed by atoms with Gasteiger partial charge < -0.3 is 24.8 Å². The molecule has 4 rings (SSSR count). The highest BCUT2D eigenvalue weighted by Crippen LogP contribution is 2.44. The second-order valence-electron chi connectivity index (χ2n) is 9.32. The molecule has 2 N–H and O–H groups in total. The van der Waals surface area contributed by atoms with E-state index in [9.17, 15) is 19.5 Å². The number of methoxy groups -OCH3 is 1. The van der Waals surface area contributed by atoms with Gasteiger partial charge in [0.25, 0.3) is 0 Å². The number of amides is 2. The quantitative estimate of drug-likeness (QED) is 0.568. The highest BCUT2D eigenvalue weighted by molar-refractivity contribution is 5.87.